The van der Waals surface area contributed by atoms with E-state index in [1.807, 2.05) is 11.8 Å². The molecule has 1 unspecified atom stereocenters. The van der Waals surface area contributed by atoms with Crippen molar-refractivity contribution in [2.75, 3.05) is 26.3 Å². The van der Waals surface area contributed by atoms with Gasteiger partial charge in [-0.2, -0.15) is 0 Å². The van der Waals surface area contributed by atoms with Gasteiger partial charge in [-0.05, 0) is 32.6 Å². The summed E-state index contributed by atoms with van der Waals surface area (Å²) in [7, 11) is 0. The number of ether oxygens (including phenoxy) is 2. The molecule has 1 amide bonds. The van der Waals surface area contributed by atoms with Crippen molar-refractivity contribution in [3.63, 3.8) is 0 Å². The van der Waals surface area contributed by atoms with Crippen LogP contribution in [0.3, 0.4) is 0 Å². The van der Waals surface area contributed by atoms with Gasteiger partial charge in [0.25, 0.3) is 5.91 Å². The molecule has 1 aromatic heterocycles. The van der Waals surface area contributed by atoms with Gasteiger partial charge in [0.05, 0.1) is 44.2 Å². The molecular formula is C17H26N4O3. The third kappa shape index (κ3) is 2.73. The van der Waals surface area contributed by atoms with Crippen molar-refractivity contribution in [2.24, 2.45) is 5.41 Å². The summed E-state index contributed by atoms with van der Waals surface area (Å²) in [6.07, 6.45) is 6.19. The highest BCUT2D eigenvalue weighted by Crippen LogP contribution is 2.40. The Morgan fingerprint density at radius 2 is 2.21 bits per heavy atom. The molecule has 132 valence electrons. The van der Waals surface area contributed by atoms with Gasteiger partial charge in [-0.25, -0.2) is 0 Å². The van der Waals surface area contributed by atoms with E-state index < -0.39 is 0 Å². The second-order valence-electron chi connectivity index (χ2n) is 7.80. The number of carbonyl (C=O) groups excluding carboxylic acids is 1. The summed E-state index contributed by atoms with van der Waals surface area (Å²) in [5.41, 5.74) is 0.473. The lowest BCUT2D eigenvalue weighted by atomic mass is 9.78. The predicted octanol–water partition coefficient (Wildman–Crippen LogP) is 1.49. The summed E-state index contributed by atoms with van der Waals surface area (Å²) >= 11 is 0. The van der Waals surface area contributed by atoms with Crippen LogP contribution < -0.4 is 0 Å². The van der Waals surface area contributed by atoms with Gasteiger partial charge in [-0.15, -0.1) is 5.10 Å². The first kappa shape index (κ1) is 16.0. The van der Waals surface area contributed by atoms with Crippen molar-refractivity contribution < 1.29 is 14.3 Å². The van der Waals surface area contributed by atoms with Gasteiger partial charge in [0, 0.05) is 12.0 Å². The Balaban J connectivity index is 1.44. The van der Waals surface area contributed by atoms with E-state index in [1.54, 1.807) is 10.9 Å². The van der Waals surface area contributed by atoms with Crippen LogP contribution in [0.25, 0.3) is 0 Å². The highest BCUT2D eigenvalue weighted by atomic mass is 16.5. The van der Waals surface area contributed by atoms with E-state index in [4.69, 9.17) is 9.47 Å². The van der Waals surface area contributed by atoms with E-state index in [0.717, 1.165) is 39.0 Å². The molecule has 0 radical (unpaired) electrons. The van der Waals surface area contributed by atoms with Crippen molar-refractivity contribution in [3.05, 3.63) is 11.9 Å². The number of hydrogen-bond donors (Lipinski definition) is 0. The molecule has 24 heavy (non-hydrogen) atoms. The van der Waals surface area contributed by atoms with Crippen LogP contribution in [0.1, 0.15) is 50.0 Å². The molecule has 3 aliphatic rings. The van der Waals surface area contributed by atoms with Crippen molar-refractivity contribution >= 4 is 5.91 Å². The minimum atomic E-state index is -0.112. The Morgan fingerprint density at radius 3 is 2.79 bits per heavy atom. The molecule has 0 aromatic carbocycles. The predicted molar refractivity (Wildman–Crippen MR) is 86.6 cm³/mol. The van der Waals surface area contributed by atoms with Crippen molar-refractivity contribution in [1.29, 1.82) is 0 Å². The van der Waals surface area contributed by atoms with Gasteiger partial charge in [0.2, 0.25) is 0 Å². The van der Waals surface area contributed by atoms with E-state index in [9.17, 15) is 4.79 Å². The Bertz CT molecular complexity index is 616. The molecule has 1 aliphatic carbocycles. The Kier molecular flexibility index (Phi) is 3.88. The van der Waals surface area contributed by atoms with Crippen LogP contribution in [-0.2, 0) is 16.0 Å². The van der Waals surface area contributed by atoms with Crippen LogP contribution in [0.2, 0.25) is 0 Å². The summed E-state index contributed by atoms with van der Waals surface area (Å²) in [4.78, 5) is 14.7. The van der Waals surface area contributed by atoms with Crippen LogP contribution in [0.5, 0.6) is 0 Å². The van der Waals surface area contributed by atoms with Gasteiger partial charge >= 0.3 is 0 Å². The molecule has 2 saturated heterocycles. The third-order valence-corrected chi connectivity index (χ3v) is 5.78. The fraction of sp³-hybridized carbons (Fsp3) is 0.824. The lowest BCUT2D eigenvalue weighted by Gasteiger charge is -2.50. The fourth-order valence-corrected chi connectivity index (χ4v) is 4.00. The number of nitrogens with zero attached hydrogens (tertiary/aromatic N) is 4. The summed E-state index contributed by atoms with van der Waals surface area (Å²) in [5.74, 6) is -0.0296. The number of hydrogen-bond acceptors (Lipinski definition) is 5. The maximum absolute atomic E-state index is 12.8. The first-order chi connectivity index (χ1) is 11.5. The molecule has 0 N–H and O–H groups in total. The van der Waals surface area contributed by atoms with Crippen molar-refractivity contribution in [1.82, 2.24) is 19.9 Å². The molecule has 4 rings (SSSR count). The molecule has 3 heterocycles. The summed E-state index contributed by atoms with van der Waals surface area (Å²) in [6, 6.07) is 0. The van der Waals surface area contributed by atoms with Gasteiger partial charge in [-0.3, -0.25) is 9.48 Å². The monoisotopic (exact) mass is 334 g/mol. The smallest absolute Gasteiger partial charge is 0.276 e. The highest BCUT2D eigenvalue weighted by Gasteiger charge is 2.46. The molecule has 3 fully saturated rings. The van der Waals surface area contributed by atoms with Crippen LogP contribution in [-0.4, -0.2) is 63.8 Å². The first-order valence-corrected chi connectivity index (χ1v) is 8.98. The second kappa shape index (κ2) is 5.81. The molecule has 0 bridgehead atoms. The van der Waals surface area contributed by atoms with E-state index in [0.29, 0.717) is 18.8 Å². The zero-order valence-electron chi connectivity index (χ0n) is 14.5. The minimum Gasteiger partial charge on any atom is -0.380 e. The zero-order chi connectivity index (χ0) is 16.8. The van der Waals surface area contributed by atoms with E-state index in [1.165, 1.54) is 6.42 Å². The average Bonchev–Trinajstić information content (AvgIpc) is 2.96. The molecule has 7 nitrogen and oxygen atoms in total. The fourth-order valence-electron chi connectivity index (χ4n) is 4.00. The van der Waals surface area contributed by atoms with Crippen molar-refractivity contribution in [2.45, 2.75) is 57.8 Å². The van der Waals surface area contributed by atoms with Crippen LogP contribution in [0.15, 0.2) is 6.20 Å². The number of aromatic nitrogens is 3. The van der Waals surface area contributed by atoms with E-state index >= 15 is 0 Å². The molecule has 1 aromatic rings. The Labute approximate surface area is 142 Å². The largest absolute Gasteiger partial charge is 0.380 e. The highest BCUT2D eigenvalue weighted by molar-refractivity contribution is 5.92. The van der Waals surface area contributed by atoms with E-state index in [-0.39, 0.29) is 23.0 Å². The minimum absolute atomic E-state index is 0.0296. The second-order valence-corrected chi connectivity index (χ2v) is 7.80. The maximum Gasteiger partial charge on any atom is 0.276 e. The molecule has 1 spiro atoms. The van der Waals surface area contributed by atoms with Gasteiger partial charge < -0.3 is 14.4 Å². The number of carbonyl (C=O) groups is 1. The molecule has 7 heteroatoms. The lowest BCUT2D eigenvalue weighted by molar-refractivity contribution is -0.176. The normalized spacial score (nSPS) is 27.6. The van der Waals surface area contributed by atoms with Gasteiger partial charge in [0.15, 0.2) is 5.69 Å². The van der Waals surface area contributed by atoms with Gasteiger partial charge in [0.1, 0.15) is 0 Å². The summed E-state index contributed by atoms with van der Waals surface area (Å²) in [5, 5.41) is 8.29. The Morgan fingerprint density at radius 1 is 1.42 bits per heavy atom. The van der Waals surface area contributed by atoms with Crippen LogP contribution >= 0.6 is 0 Å². The lowest BCUT2D eigenvalue weighted by Crippen LogP contribution is -2.59. The van der Waals surface area contributed by atoms with E-state index in [2.05, 4.69) is 17.2 Å². The summed E-state index contributed by atoms with van der Waals surface area (Å²) in [6.45, 7) is 7.78. The Hall–Kier alpha value is -1.47. The zero-order valence-corrected chi connectivity index (χ0v) is 14.5. The number of amides is 1. The molecule has 2 aliphatic heterocycles. The first-order valence-electron chi connectivity index (χ1n) is 8.98. The molecule has 1 saturated carbocycles. The number of rotatable bonds is 4. The maximum atomic E-state index is 12.8. The van der Waals surface area contributed by atoms with Crippen molar-refractivity contribution in [3.8, 4) is 0 Å². The third-order valence-electron chi connectivity index (χ3n) is 5.78. The summed E-state index contributed by atoms with van der Waals surface area (Å²) < 4.78 is 13.2. The van der Waals surface area contributed by atoms with Crippen LogP contribution in [0, 0.1) is 5.41 Å². The van der Waals surface area contributed by atoms with Crippen LogP contribution in [0.4, 0.5) is 0 Å². The quantitative estimate of drug-likeness (QED) is 0.834. The topological polar surface area (TPSA) is 69.5 Å². The average molecular weight is 334 g/mol. The molecule has 1 atom stereocenters. The molecular weight excluding hydrogens is 308 g/mol. The van der Waals surface area contributed by atoms with Gasteiger partial charge in [-0.1, -0.05) is 12.1 Å². The SMILES string of the molecule is CCC1(Cn2cc(C(=O)N3CC(C)OC4(CCC4)C3)nn2)COC1. The standard InChI is InChI=1S/C17H26N4O3/c1-3-16(11-23-12-16)9-21-8-14(18-19-21)15(22)20-7-13(2)24-17(10-20)5-4-6-17/h8,13H,3-7,9-12H2,1-2H3. The number of morpholine rings is 1.